The van der Waals surface area contributed by atoms with Crippen molar-refractivity contribution in [1.82, 2.24) is 10.2 Å². The second kappa shape index (κ2) is 20.1. The number of aliphatic carboxylic acids is 1. The Labute approximate surface area is 290 Å². The number of aliphatic hydroxyl groups is 1. The van der Waals surface area contributed by atoms with E-state index < -0.39 is 24.3 Å². The van der Waals surface area contributed by atoms with Gasteiger partial charge in [0.15, 0.2) is 5.78 Å². The third-order valence-electron chi connectivity index (χ3n) is 8.13. The molecule has 10 nitrogen and oxygen atoms in total. The first-order valence-electron chi connectivity index (χ1n) is 16.4. The van der Waals surface area contributed by atoms with E-state index in [9.17, 15) is 27.9 Å². The zero-order chi connectivity index (χ0) is 36.5. The largest absolute Gasteiger partial charge is 0.497 e. The van der Waals surface area contributed by atoms with Crippen LogP contribution in [0, 0.1) is 0 Å². The number of unbranched alkanes of at least 4 members (excludes halogenated alkanes) is 1. The zero-order valence-electron chi connectivity index (χ0n) is 28.3. The molecule has 4 rings (SSSR count). The Morgan fingerprint density at radius 1 is 0.820 bits per heavy atom. The van der Waals surface area contributed by atoms with E-state index in [1.54, 1.807) is 38.5 Å². The monoisotopic (exact) mass is 702 g/mol. The minimum atomic E-state index is -5.08. The number of alkyl halides is 3. The van der Waals surface area contributed by atoms with Crippen molar-refractivity contribution in [2.45, 2.75) is 63.3 Å². The van der Waals surface area contributed by atoms with E-state index in [0.717, 1.165) is 55.0 Å². The molecule has 3 aromatic rings. The van der Waals surface area contributed by atoms with Gasteiger partial charge in [-0.25, -0.2) is 4.79 Å². The molecule has 0 saturated carbocycles. The fourth-order valence-corrected chi connectivity index (χ4v) is 5.31. The number of carbonyl (C=O) groups is 3. The van der Waals surface area contributed by atoms with Gasteiger partial charge >= 0.3 is 12.1 Å². The maximum atomic E-state index is 12.9. The molecule has 1 aliphatic rings. The van der Waals surface area contributed by atoms with Crippen LogP contribution in [0.2, 0.25) is 0 Å². The van der Waals surface area contributed by atoms with Crippen LogP contribution in [-0.2, 0) is 16.0 Å². The molecule has 0 unspecified atom stereocenters. The molecule has 0 radical (unpaired) electrons. The number of carbonyl (C=O) groups excluding carboxylic acids is 2. The number of aliphatic hydroxyl groups excluding tert-OH is 1. The number of ketones is 1. The van der Waals surface area contributed by atoms with Gasteiger partial charge in [-0.2, -0.15) is 13.2 Å². The molecule has 3 N–H and O–H groups in total. The second-order valence-corrected chi connectivity index (χ2v) is 11.8. The van der Waals surface area contributed by atoms with Crippen LogP contribution in [0.15, 0.2) is 72.8 Å². The van der Waals surface area contributed by atoms with Crippen molar-refractivity contribution in [3.8, 4) is 17.2 Å². The Morgan fingerprint density at radius 3 is 1.88 bits per heavy atom. The van der Waals surface area contributed by atoms with Crippen LogP contribution in [0.3, 0.4) is 0 Å². The van der Waals surface area contributed by atoms with Crippen LogP contribution >= 0.6 is 0 Å². The molecule has 50 heavy (non-hydrogen) atoms. The van der Waals surface area contributed by atoms with Gasteiger partial charge in [-0.15, -0.1) is 0 Å². The molecule has 0 aliphatic carbocycles. The Morgan fingerprint density at radius 2 is 1.34 bits per heavy atom. The summed E-state index contributed by atoms with van der Waals surface area (Å²) in [6.45, 7) is 3.05. The number of nitrogens with zero attached hydrogens (tertiary/aromatic N) is 1. The molecule has 3 aromatic carbocycles. The van der Waals surface area contributed by atoms with Crippen molar-refractivity contribution in [3.05, 3.63) is 89.5 Å². The predicted molar refractivity (Wildman–Crippen MR) is 181 cm³/mol. The lowest BCUT2D eigenvalue weighted by Gasteiger charge is -2.29. The van der Waals surface area contributed by atoms with Crippen LogP contribution in [-0.4, -0.2) is 85.5 Å². The summed E-state index contributed by atoms with van der Waals surface area (Å²) in [5, 5.41) is 21.5. The van der Waals surface area contributed by atoms with Crippen LogP contribution in [0.1, 0.15) is 66.1 Å². The number of likely N-dealkylation sites (tertiary alicyclic amines) is 1. The van der Waals surface area contributed by atoms with Crippen molar-refractivity contribution >= 4 is 17.7 Å². The Balaban J connectivity index is 0.000000872. The van der Waals surface area contributed by atoms with Crippen LogP contribution < -0.4 is 19.5 Å². The molecule has 0 aromatic heterocycles. The predicted octanol–water partition coefficient (Wildman–Crippen LogP) is 6.02. The maximum Gasteiger partial charge on any atom is 0.490 e. The number of hydrogen-bond acceptors (Lipinski definition) is 8. The fourth-order valence-electron chi connectivity index (χ4n) is 5.31. The summed E-state index contributed by atoms with van der Waals surface area (Å²) < 4.78 is 48.0. The van der Waals surface area contributed by atoms with Crippen LogP contribution in [0.4, 0.5) is 13.2 Å². The summed E-state index contributed by atoms with van der Waals surface area (Å²) in [6, 6.07) is 22.0. The Kier molecular flexibility index (Phi) is 16.0. The molecule has 13 heteroatoms. The minimum Gasteiger partial charge on any atom is -0.497 e. The third-order valence-corrected chi connectivity index (χ3v) is 8.13. The highest BCUT2D eigenvalue weighted by atomic mass is 19.4. The number of Topliss-reactive ketones (excluding diaryl/α,β-unsaturated/α-hetero) is 1. The van der Waals surface area contributed by atoms with E-state index in [2.05, 4.69) is 10.2 Å². The molecular weight excluding hydrogens is 657 g/mol. The summed E-state index contributed by atoms with van der Waals surface area (Å²) in [7, 11) is 3.24. The first-order chi connectivity index (χ1) is 23.9. The number of methoxy groups -OCH3 is 2. The summed E-state index contributed by atoms with van der Waals surface area (Å²) in [6.07, 6.45) is -1.000. The number of rotatable bonds is 17. The smallest absolute Gasteiger partial charge is 0.490 e. The molecule has 1 amide bonds. The molecule has 1 fully saturated rings. The molecule has 1 saturated heterocycles. The summed E-state index contributed by atoms with van der Waals surface area (Å²) in [5.41, 5.74) is 2.54. The van der Waals surface area contributed by atoms with Crippen molar-refractivity contribution < 1.29 is 52.0 Å². The second-order valence-electron chi connectivity index (χ2n) is 11.8. The lowest BCUT2D eigenvalue weighted by molar-refractivity contribution is -0.192. The summed E-state index contributed by atoms with van der Waals surface area (Å²) in [4.78, 5) is 36.6. The Bertz CT molecular complexity index is 1480. The van der Waals surface area contributed by atoms with E-state index in [1.165, 1.54) is 0 Å². The molecule has 272 valence electrons. The number of hydrogen-bond donors (Lipinski definition) is 3. The van der Waals surface area contributed by atoms with Gasteiger partial charge in [0.05, 0.1) is 26.9 Å². The quantitative estimate of drug-likeness (QED) is 0.114. The number of amides is 1. The number of nitrogens with one attached hydrogen (secondary N) is 1. The number of carboxylic acid groups (broad SMARTS) is 1. The van der Waals surface area contributed by atoms with Crippen LogP contribution in [0.25, 0.3) is 0 Å². The van der Waals surface area contributed by atoms with Crippen molar-refractivity contribution in [1.29, 1.82) is 0 Å². The van der Waals surface area contributed by atoms with Gasteiger partial charge < -0.3 is 34.6 Å². The Hall–Kier alpha value is -4.62. The van der Waals surface area contributed by atoms with Gasteiger partial charge in [0.25, 0.3) is 0 Å². The maximum absolute atomic E-state index is 12.9. The van der Waals surface area contributed by atoms with Crippen molar-refractivity contribution in [2.75, 3.05) is 40.5 Å². The normalized spacial score (nSPS) is 14.1. The van der Waals surface area contributed by atoms with E-state index in [-0.39, 0.29) is 11.7 Å². The minimum absolute atomic E-state index is 0.0542. The van der Waals surface area contributed by atoms with Crippen molar-refractivity contribution in [3.63, 3.8) is 0 Å². The lowest BCUT2D eigenvalue weighted by Crippen LogP contribution is -2.46. The standard InChI is InChI=1S/C35H44N2O6.C2HF3O2/c1-41-29-15-9-26(10-16-29)21-24-43-31-19-13-28(14-20-31)35(40)32(25-37-22-5-6-23-37)36-34(39)8-4-3-7-33(38)27-11-17-30(42-2)18-12-27;3-2(4,5)1(6)7/h9-20,32,35,40H,3-8,21-25H2,1-2H3,(H,36,39);(H,6,7)/t32-,35-;/m1./s1. The highest BCUT2D eigenvalue weighted by molar-refractivity contribution is 5.96. The molecule has 0 bridgehead atoms. The van der Waals surface area contributed by atoms with E-state index in [0.29, 0.717) is 50.1 Å². The number of ether oxygens (including phenoxy) is 3. The number of carboxylic acids is 1. The van der Waals surface area contributed by atoms with Crippen molar-refractivity contribution in [2.24, 2.45) is 0 Å². The van der Waals surface area contributed by atoms with E-state index in [1.807, 2.05) is 48.5 Å². The molecule has 0 spiro atoms. The highest BCUT2D eigenvalue weighted by Crippen LogP contribution is 2.23. The van der Waals surface area contributed by atoms with Gasteiger partial charge in [0.1, 0.15) is 23.4 Å². The first-order valence-corrected chi connectivity index (χ1v) is 16.4. The molecular formula is C37H45F3N2O8. The summed E-state index contributed by atoms with van der Waals surface area (Å²) >= 11 is 0. The van der Waals surface area contributed by atoms with Gasteiger partial charge in [0, 0.05) is 31.4 Å². The number of benzene rings is 3. The topological polar surface area (TPSA) is 135 Å². The number of halogens is 3. The van der Waals surface area contributed by atoms with Gasteiger partial charge in [-0.3, -0.25) is 9.59 Å². The van der Waals surface area contributed by atoms with E-state index >= 15 is 0 Å². The first kappa shape index (κ1) is 39.8. The lowest BCUT2D eigenvalue weighted by atomic mass is 10.0. The zero-order valence-corrected chi connectivity index (χ0v) is 28.3. The van der Waals surface area contributed by atoms with E-state index in [4.69, 9.17) is 24.1 Å². The average Bonchev–Trinajstić information content (AvgIpc) is 3.63. The molecule has 1 aliphatic heterocycles. The van der Waals surface area contributed by atoms with Gasteiger partial charge in [0.2, 0.25) is 5.91 Å². The summed E-state index contributed by atoms with van der Waals surface area (Å²) in [5.74, 6) is -0.544. The third kappa shape index (κ3) is 13.7. The SMILES string of the molecule is COc1ccc(CCOc2ccc([C@@H](O)[C@@H](CN3CCCC3)NC(=O)CCCCC(=O)c3ccc(OC)cc3)cc2)cc1.O=C(O)C(F)(F)F. The highest BCUT2D eigenvalue weighted by Gasteiger charge is 2.38. The molecule has 2 atom stereocenters. The molecule has 1 heterocycles. The average molecular weight is 703 g/mol. The fraction of sp³-hybridized carbons (Fsp3) is 0.432. The van der Waals surface area contributed by atoms with Crippen LogP contribution in [0.5, 0.6) is 17.2 Å². The van der Waals surface area contributed by atoms with Gasteiger partial charge in [-0.1, -0.05) is 24.3 Å². The van der Waals surface area contributed by atoms with Gasteiger partial charge in [-0.05, 0) is 98.4 Å².